The van der Waals surface area contributed by atoms with Crippen molar-refractivity contribution in [3.05, 3.63) is 28.2 Å². The summed E-state index contributed by atoms with van der Waals surface area (Å²) in [5.74, 6) is 0.660. The van der Waals surface area contributed by atoms with Gasteiger partial charge in [-0.3, -0.25) is 0 Å². The SMILES string of the molecule is CNC(C)c1ccc(N2CCC(COC)C2)c(Br)c1. The molecule has 106 valence electrons. The van der Waals surface area contributed by atoms with Crippen molar-refractivity contribution in [3.63, 3.8) is 0 Å². The number of nitrogens with zero attached hydrogens (tertiary/aromatic N) is 1. The molecule has 1 aromatic carbocycles. The molecule has 0 saturated carbocycles. The highest BCUT2D eigenvalue weighted by Crippen LogP contribution is 2.32. The highest BCUT2D eigenvalue weighted by molar-refractivity contribution is 9.10. The van der Waals surface area contributed by atoms with Gasteiger partial charge in [-0.2, -0.15) is 0 Å². The van der Waals surface area contributed by atoms with E-state index >= 15 is 0 Å². The minimum absolute atomic E-state index is 0.380. The molecule has 1 fully saturated rings. The molecule has 1 saturated heterocycles. The second kappa shape index (κ2) is 6.73. The maximum atomic E-state index is 5.26. The molecule has 1 aliphatic heterocycles. The Morgan fingerprint density at radius 1 is 1.53 bits per heavy atom. The first kappa shape index (κ1) is 14.8. The van der Waals surface area contributed by atoms with Crippen LogP contribution in [-0.2, 0) is 4.74 Å². The van der Waals surface area contributed by atoms with Crippen LogP contribution in [0.3, 0.4) is 0 Å². The number of anilines is 1. The first-order valence-corrected chi connectivity index (χ1v) is 7.65. The van der Waals surface area contributed by atoms with E-state index in [0.29, 0.717) is 12.0 Å². The van der Waals surface area contributed by atoms with Gasteiger partial charge in [0.1, 0.15) is 0 Å². The van der Waals surface area contributed by atoms with Crippen LogP contribution < -0.4 is 10.2 Å². The summed E-state index contributed by atoms with van der Waals surface area (Å²) in [5, 5.41) is 3.27. The minimum Gasteiger partial charge on any atom is -0.384 e. The number of rotatable bonds is 5. The van der Waals surface area contributed by atoms with Crippen LogP contribution in [-0.4, -0.2) is 33.9 Å². The summed E-state index contributed by atoms with van der Waals surface area (Å²) >= 11 is 3.71. The van der Waals surface area contributed by atoms with Crippen LogP contribution in [0.25, 0.3) is 0 Å². The van der Waals surface area contributed by atoms with Gasteiger partial charge < -0.3 is 15.0 Å². The van der Waals surface area contributed by atoms with Gasteiger partial charge in [-0.1, -0.05) is 6.07 Å². The number of methoxy groups -OCH3 is 1. The average molecular weight is 327 g/mol. The molecular formula is C15H23BrN2O. The van der Waals surface area contributed by atoms with Gasteiger partial charge in [0.25, 0.3) is 0 Å². The predicted octanol–water partition coefficient (Wildman–Crippen LogP) is 3.20. The normalized spacial score (nSPS) is 20.8. The van der Waals surface area contributed by atoms with E-state index in [1.54, 1.807) is 7.11 Å². The zero-order chi connectivity index (χ0) is 13.8. The molecule has 19 heavy (non-hydrogen) atoms. The average Bonchev–Trinajstić information content (AvgIpc) is 2.86. The van der Waals surface area contributed by atoms with Crippen LogP contribution in [0.2, 0.25) is 0 Å². The van der Waals surface area contributed by atoms with E-state index in [4.69, 9.17) is 4.74 Å². The molecule has 0 spiro atoms. The van der Waals surface area contributed by atoms with Crippen molar-refractivity contribution in [1.82, 2.24) is 5.32 Å². The summed E-state index contributed by atoms with van der Waals surface area (Å²) in [6.07, 6.45) is 1.22. The van der Waals surface area contributed by atoms with Gasteiger partial charge >= 0.3 is 0 Å². The van der Waals surface area contributed by atoms with Crippen molar-refractivity contribution in [2.75, 3.05) is 38.8 Å². The topological polar surface area (TPSA) is 24.5 Å². The van der Waals surface area contributed by atoms with Crippen molar-refractivity contribution < 1.29 is 4.74 Å². The lowest BCUT2D eigenvalue weighted by Crippen LogP contribution is -2.21. The maximum Gasteiger partial charge on any atom is 0.0510 e. The number of benzene rings is 1. The number of hydrogen-bond acceptors (Lipinski definition) is 3. The molecular weight excluding hydrogens is 304 g/mol. The summed E-state index contributed by atoms with van der Waals surface area (Å²) in [5.41, 5.74) is 2.61. The number of ether oxygens (including phenoxy) is 1. The third-order valence-corrected chi connectivity index (χ3v) is 4.57. The van der Waals surface area contributed by atoms with Crippen molar-refractivity contribution in [1.29, 1.82) is 0 Å². The number of halogens is 1. The molecule has 2 atom stereocenters. The van der Waals surface area contributed by atoms with Crippen LogP contribution in [0.4, 0.5) is 5.69 Å². The monoisotopic (exact) mass is 326 g/mol. The summed E-state index contributed by atoms with van der Waals surface area (Å²) in [7, 11) is 3.77. The molecule has 3 nitrogen and oxygen atoms in total. The Hall–Kier alpha value is -0.580. The number of nitrogens with one attached hydrogen (secondary N) is 1. The van der Waals surface area contributed by atoms with Crippen LogP contribution >= 0.6 is 15.9 Å². The Bertz CT molecular complexity index is 425. The zero-order valence-corrected chi connectivity index (χ0v) is 13.5. The standard InChI is InChI=1S/C15H23BrN2O/c1-11(17-2)13-4-5-15(14(16)8-13)18-7-6-12(9-18)10-19-3/h4-5,8,11-12,17H,6-7,9-10H2,1-3H3. The second-order valence-electron chi connectivity index (χ2n) is 5.28. The third-order valence-electron chi connectivity index (χ3n) is 3.93. The summed E-state index contributed by atoms with van der Waals surface area (Å²) in [6.45, 7) is 5.25. The maximum absolute atomic E-state index is 5.26. The van der Waals surface area contributed by atoms with Gasteiger partial charge in [-0.25, -0.2) is 0 Å². The van der Waals surface area contributed by atoms with E-state index in [0.717, 1.165) is 19.7 Å². The summed E-state index contributed by atoms with van der Waals surface area (Å²) < 4.78 is 6.44. The molecule has 0 aromatic heterocycles. The van der Waals surface area contributed by atoms with E-state index in [1.165, 1.54) is 22.1 Å². The predicted molar refractivity (Wildman–Crippen MR) is 83.8 cm³/mol. The molecule has 2 unspecified atom stereocenters. The molecule has 1 heterocycles. The Balaban J connectivity index is 2.09. The summed E-state index contributed by atoms with van der Waals surface area (Å²) in [4.78, 5) is 2.45. The van der Waals surface area contributed by atoms with Gasteiger partial charge in [0.2, 0.25) is 0 Å². The summed E-state index contributed by atoms with van der Waals surface area (Å²) in [6, 6.07) is 7.04. The van der Waals surface area contributed by atoms with Gasteiger partial charge in [-0.15, -0.1) is 0 Å². The molecule has 0 bridgehead atoms. The molecule has 1 aliphatic rings. The second-order valence-corrected chi connectivity index (χ2v) is 6.13. The Kier molecular flexibility index (Phi) is 5.25. The smallest absolute Gasteiger partial charge is 0.0510 e. The zero-order valence-electron chi connectivity index (χ0n) is 11.9. The molecule has 0 aliphatic carbocycles. The Labute approximate surface area is 124 Å². The highest BCUT2D eigenvalue weighted by Gasteiger charge is 2.24. The lowest BCUT2D eigenvalue weighted by atomic mass is 10.1. The quantitative estimate of drug-likeness (QED) is 0.899. The molecule has 0 amide bonds. The fourth-order valence-electron chi connectivity index (χ4n) is 2.64. The van der Waals surface area contributed by atoms with Gasteiger partial charge in [0.05, 0.1) is 12.3 Å². The van der Waals surface area contributed by atoms with Crippen LogP contribution in [0.1, 0.15) is 24.9 Å². The first-order valence-electron chi connectivity index (χ1n) is 6.86. The molecule has 4 heteroatoms. The molecule has 2 rings (SSSR count). The lowest BCUT2D eigenvalue weighted by Gasteiger charge is -2.22. The molecule has 0 radical (unpaired) electrons. The first-order chi connectivity index (χ1) is 9.15. The largest absolute Gasteiger partial charge is 0.384 e. The number of hydrogen-bond donors (Lipinski definition) is 1. The van der Waals surface area contributed by atoms with Crippen LogP contribution in [0, 0.1) is 5.92 Å². The van der Waals surface area contributed by atoms with Gasteiger partial charge in [0, 0.05) is 36.6 Å². The highest BCUT2D eigenvalue weighted by atomic mass is 79.9. The lowest BCUT2D eigenvalue weighted by molar-refractivity contribution is 0.161. The van der Waals surface area contributed by atoms with E-state index < -0.39 is 0 Å². The van der Waals surface area contributed by atoms with E-state index in [2.05, 4.69) is 51.3 Å². The van der Waals surface area contributed by atoms with Crippen molar-refractivity contribution >= 4 is 21.6 Å². The van der Waals surface area contributed by atoms with Crippen molar-refractivity contribution in [3.8, 4) is 0 Å². The van der Waals surface area contributed by atoms with Crippen LogP contribution in [0.15, 0.2) is 22.7 Å². The molecule has 1 aromatic rings. The fraction of sp³-hybridized carbons (Fsp3) is 0.600. The van der Waals surface area contributed by atoms with E-state index in [1.807, 2.05) is 7.05 Å². The fourth-order valence-corrected chi connectivity index (χ4v) is 3.29. The van der Waals surface area contributed by atoms with Gasteiger partial charge in [-0.05, 0) is 54.0 Å². The van der Waals surface area contributed by atoms with E-state index in [-0.39, 0.29) is 0 Å². The third kappa shape index (κ3) is 3.50. The van der Waals surface area contributed by atoms with E-state index in [9.17, 15) is 0 Å². The van der Waals surface area contributed by atoms with Gasteiger partial charge in [0.15, 0.2) is 0 Å². The minimum atomic E-state index is 0.380. The molecule has 1 N–H and O–H groups in total. The van der Waals surface area contributed by atoms with Crippen molar-refractivity contribution in [2.45, 2.75) is 19.4 Å². The van der Waals surface area contributed by atoms with Crippen molar-refractivity contribution in [2.24, 2.45) is 5.92 Å². The Morgan fingerprint density at radius 2 is 2.32 bits per heavy atom. The van der Waals surface area contributed by atoms with Crippen LogP contribution in [0.5, 0.6) is 0 Å². The Morgan fingerprint density at radius 3 is 2.95 bits per heavy atom.